The lowest BCUT2D eigenvalue weighted by Crippen LogP contribution is -2.39. The molecule has 1 atom stereocenters. The lowest BCUT2D eigenvalue weighted by atomic mass is 9.90. The molecule has 0 unspecified atom stereocenters. The molecule has 5 nitrogen and oxygen atoms in total. The second-order valence-corrected chi connectivity index (χ2v) is 7.23. The van der Waals surface area contributed by atoms with Crippen LogP contribution in [0.15, 0.2) is 54.7 Å². The Morgan fingerprint density at radius 3 is 2.85 bits per heavy atom. The van der Waals surface area contributed by atoms with E-state index in [4.69, 9.17) is 0 Å². The van der Waals surface area contributed by atoms with E-state index in [1.807, 2.05) is 36.2 Å². The van der Waals surface area contributed by atoms with Crippen LogP contribution in [-0.2, 0) is 6.42 Å². The van der Waals surface area contributed by atoms with Crippen LogP contribution in [0.3, 0.4) is 0 Å². The Morgan fingerprint density at radius 1 is 1.19 bits per heavy atom. The summed E-state index contributed by atoms with van der Waals surface area (Å²) >= 11 is 0. The van der Waals surface area contributed by atoms with E-state index in [-0.39, 0.29) is 11.8 Å². The number of benzene rings is 1. The Balaban J connectivity index is 1.51. The van der Waals surface area contributed by atoms with Gasteiger partial charge in [-0.15, -0.1) is 0 Å². The Morgan fingerprint density at radius 2 is 2.04 bits per heavy atom. The first-order valence-corrected chi connectivity index (χ1v) is 9.49. The van der Waals surface area contributed by atoms with Crippen molar-refractivity contribution < 1.29 is 4.79 Å². The third-order valence-corrected chi connectivity index (χ3v) is 5.21. The fourth-order valence-electron chi connectivity index (χ4n) is 3.85. The average Bonchev–Trinajstić information content (AvgIpc) is 3.16. The first-order valence-electron chi connectivity index (χ1n) is 9.49. The molecule has 0 spiro atoms. The van der Waals surface area contributed by atoms with Crippen molar-refractivity contribution in [2.45, 2.75) is 32.1 Å². The highest BCUT2D eigenvalue weighted by atomic mass is 16.2. The Hall–Kier alpha value is -2.95. The Bertz CT molecular complexity index is 919. The van der Waals surface area contributed by atoms with Crippen molar-refractivity contribution in [3.05, 3.63) is 82.9 Å². The van der Waals surface area contributed by atoms with Gasteiger partial charge in [0, 0.05) is 36.8 Å². The molecule has 1 aromatic carbocycles. The van der Waals surface area contributed by atoms with Gasteiger partial charge >= 0.3 is 0 Å². The van der Waals surface area contributed by atoms with E-state index in [2.05, 4.69) is 39.4 Å². The number of nitrogens with zero attached hydrogens (tertiary/aromatic N) is 3. The van der Waals surface area contributed by atoms with E-state index < -0.39 is 0 Å². The number of carbonyl (C=O) groups is 1. The maximum absolute atomic E-state index is 12.9. The fourth-order valence-corrected chi connectivity index (χ4v) is 3.85. The zero-order chi connectivity index (χ0) is 18.6. The summed E-state index contributed by atoms with van der Waals surface area (Å²) in [5.74, 6) is 0.307. The van der Waals surface area contributed by atoms with Crippen LogP contribution in [-0.4, -0.2) is 39.1 Å². The summed E-state index contributed by atoms with van der Waals surface area (Å²) in [6.45, 7) is 3.40. The molecular weight excluding hydrogens is 336 g/mol. The van der Waals surface area contributed by atoms with E-state index in [1.54, 1.807) is 6.07 Å². The number of aryl methyl sites for hydroxylation is 1. The van der Waals surface area contributed by atoms with Crippen LogP contribution in [0, 0.1) is 6.92 Å². The topological polar surface area (TPSA) is 61.9 Å². The molecule has 1 amide bonds. The summed E-state index contributed by atoms with van der Waals surface area (Å²) < 4.78 is 0. The number of hydrogen-bond donors (Lipinski definition) is 1. The third-order valence-electron chi connectivity index (χ3n) is 5.21. The highest BCUT2D eigenvalue weighted by molar-refractivity contribution is 5.92. The number of aromatic amines is 1. The molecule has 1 saturated heterocycles. The first-order chi connectivity index (χ1) is 13.2. The van der Waals surface area contributed by atoms with E-state index in [9.17, 15) is 4.79 Å². The molecule has 0 saturated carbocycles. The fraction of sp³-hybridized carbons (Fsp3) is 0.318. The predicted octanol–water partition coefficient (Wildman–Crippen LogP) is 3.72. The summed E-state index contributed by atoms with van der Waals surface area (Å²) in [4.78, 5) is 19.2. The minimum atomic E-state index is 0.0209. The van der Waals surface area contributed by atoms with Gasteiger partial charge in [0.2, 0.25) is 0 Å². The van der Waals surface area contributed by atoms with Crippen molar-refractivity contribution in [1.82, 2.24) is 20.1 Å². The molecule has 2 aromatic heterocycles. The van der Waals surface area contributed by atoms with Gasteiger partial charge in [-0.1, -0.05) is 36.4 Å². The Labute approximate surface area is 159 Å². The predicted molar refractivity (Wildman–Crippen MR) is 105 cm³/mol. The number of rotatable bonds is 4. The molecule has 3 heterocycles. The molecular formula is C22H24N4O. The normalized spacial score (nSPS) is 17.1. The number of pyridine rings is 1. The zero-order valence-electron chi connectivity index (χ0n) is 15.6. The van der Waals surface area contributed by atoms with Crippen LogP contribution in [0.4, 0.5) is 0 Å². The second-order valence-electron chi connectivity index (χ2n) is 7.23. The molecule has 0 bridgehead atoms. The molecule has 27 heavy (non-hydrogen) atoms. The molecule has 1 aliphatic rings. The van der Waals surface area contributed by atoms with Crippen molar-refractivity contribution in [2.24, 2.45) is 0 Å². The summed E-state index contributed by atoms with van der Waals surface area (Å²) in [6.07, 6.45) is 4.84. The number of carbonyl (C=O) groups excluding carboxylic acids is 1. The second kappa shape index (κ2) is 7.74. The van der Waals surface area contributed by atoms with Crippen LogP contribution in [0.25, 0.3) is 0 Å². The minimum absolute atomic E-state index is 0.0209. The van der Waals surface area contributed by atoms with Gasteiger partial charge in [-0.3, -0.25) is 9.89 Å². The highest BCUT2D eigenvalue weighted by Crippen LogP contribution is 2.29. The van der Waals surface area contributed by atoms with Crippen molar-refractivity contribution in [2.75, 3.05) is 13.1 Å². The van der Waals surface area contributed by atoms with Gasteiger partial charge in [-0.25, -0.2) is 4.98 Å². The van der Waals surface area contributed by atoms with Gasteiger partial charge in [0.05, 0.1) is 6.20 Å². The van der Waals surface area contributed by atoms with Crippen molar-refractivity contribution in [3.63, 3.8) is 0 Å². The molecule has 4 rings (SSSR count). The molecule has 0 aliphatic carbocycles. The third kappa shape index (κ3) is 3.92. The lowest BCUT2D eigenvalue weighted by Gasteiger charge is -2.32. The lowest BCUT2D eigenvalue weighted by molar-refractivity contribution is 0.0699. The van der Waals surface area contributed by atoms with Gasteiger partial charge in [0.15, 0.2) is 0 Å². The highest BCUT2D eigenvalue weighted by Gasteiger charge is 2.28. The van der Waals surface area contributed by atoms with Crippen molar-refractivity contribution >= 4 is 5.91 Å². The molecule has 138 valence electrons. The minimum Gasteiger partial charge on any atom is -0.337 e. The number of hydrogen-bond acceptors (Lipinski definition) is 3. The summed E-state index contributed by atoms with van der Waals surface area (Å²) in [5, 5.41) is 7.49. The largest absolute Gasteiger partial charge is 0.337 e. The zero-order valence-corrected chi connectivity index (χ0v) is 15.6. The molecule has 3 aromatic rings. The number of likely N-dealkylation sites (tertiary alicyclic amines) is 1. The van der Waals surface area contributed by atoms with Crippen molar-refractivity contribution in [3.8, 4) is 0 Å². The number of H-pyrrole nitrogens is 1. The summed E-state index contributed by atoms with van der Waals surface area (Å²) in [6, 6.07) is 16.0. The van der Waals surface area contributed by atoms with Gasteiger partial charge in [-0.05, 0) is 43.0 Å². The van der Waals surface area contributed by atoms with Gasteiger partial charge in [0.1, 0.15) is 5.69 Å². The molecule has 5 heteroatoms. The van der Waals surface area contributed by atoms with Crippen LogP contribution < -0.4 is 0 Å². The smallest absolute Gasteiger partial charge is 0.272 e. The van der Waals surface area contributed by atoms with Gasteiger partial charge < -0.3 is 4.90 Å². The number of aromatic nitrogens is 3. The van der Waals surface area contributed by atoms with E-state index in [1.165, 1.54) is 11.1 Å². The van der Waals surface area contributed by atoms with Crippen molar-refractivity contribution in [1.29, 1.82) is 0 Å². The SMILES string of the molecule is Cc1cccc(C(=O)N2CCC[C@H](c3[nH]ncc3Cc3ccccc3)C2)n1. The van der Waals surface area contributed by atoms with E-state index in [0.717, 1.165) is 37.2 Å². The maximum atomic E-state index is 12.9. The quantitative estimate of drug-likeness (QED) is 0.771. The molecule has 0 radical (unpaired) electrons. The van der Waals surface area contributed by atoms with E-state index >= 15 is 0 Å². The first kappa shape index (κ1) is 17.5. The average molecular weight is 360 g/mol. The Kier molecular flexibility index (Phi) is 5.01. The van der Waals surface area contributed by atoms with E-state index in [0.29, 0.717) is 12.2 Å². The molecule has 1 fully saturated rings. The van der Waals surface area contributed by atoms with Crippen LogP contribution in [0.5, 0.6) is 0 Å². The summed E-state index contributed by atoms with van der Waals surface area (Å²) in [7, 11) is 0. The number of piperidine rings is 1. The molecule has 1 N–H and O–H groups in total. The molecule has 1 aliphatic heterocycles. The standard InChI is InChI=1S/C22H24N4O/c1-16-7-5-11-20(24-16)22(27)26-12-6-10-18(15-26)21-19(14-23-25-21)13-17-8-3-2-4-9-17/h2-5,7-9,11,14,18H,6,10,12-13,15H2,1H3,(H,23,25)/t18-/m0/s1. The number of nitrogens with one attached hydrogen (secondary N) is 1. The maximum Gasteiger partial charge on any atom is 0.272 e. The van der Waals surface area contributed by atoms with Crippen LogP contribution >= 0.6 is 0 Å². The van der Waals surface area contributed by atoms with Crippen LogP contribution in [0.1, 0.15) is 51.8 Å². The number of amides is 1. The van der Waals surface area contributed by atoms with Crippen LogP contribution in [0.2, 0.25) is 0 Å². The monoisotopic (exact) mass is 360 g/mol. The van der Waals surface area contributed by atoms with Gasteiger partial charge in [0.25, 0.3) is 5.91 Å². The van der Waals surface area contributed by atoms with Gasteiger partial charge in [-0.2, -0.15) is 5.10 Å². The summed E-state index contributed by atoms with van der Waals surface area (Å²) in [5.41, 5.74) is 5.05.